The summed E-state index contributed by atoms with van der Waals surface area (Å²) in [5.41, 5.74) is 1.89. The molecule has 4 rings (SSSR count). The smallest absolute Gasteiger partial charge is 0.270 e. The number of amides is 1. The molecule has 2 aromatic carbocycles. The van der Waals surface area contributed by atoms with Crippen LogP contribution in [0.3, 0.4) is 0 Å². The Morgan fingerprint density at radius 2 is 1.90 bits per heavy atom. The van der Waals surface area contributed by atoms with Gasteiger partial charge in [-0.05, 0) is 42.5 Å². The Hall–Kier alpha value is -3.91. The number of carbonyl (C=O) groups excluding carboxylic acids is 1. The van der Waals surface area contributed by atoms with E-state index in [1.54, 1.807) is 54.6 Å². The molecule has 0 aliphatic rings. The summed E-state index contributed by atoms with van der Waals surface area (Å²) in [6.45, 7) is 0.215. The normalized spacial score (nSPS) is 10.7. The first-order valence-corrected chi connectivity index (χ1v) is 9.31. The molecule has 0 atom stereocenters. The van der Waals surface area contributed by atoms with Crippen molar-refractivity contribution >= 4 is 23.2 Å². The average Bonchev–Trinajstić information content (AvgIpc) is 3.43. The van der Waals surface area contributed by atoms with E-state index in [4.69, 9.17) is 16.0 Å². The summed E-state index contributed by atoms with van der Waals surface area (Å²) >= 11 is 6.32. The molecule has 0 aliphatic heterocycles. The number of non-ortho nitro benzene ring substituents is 1. The minimum atomic E-state index is -0.473. The third-order valence-electron chi connectivity index (χ3n) is 4.40. The Kier molecular flexibility index (Phi) is 5.32. The number of furan rings is 1. The number of hydrogen-bond donors (Lipinski definition) is 1. The van der Waals surface area contributed by atoms with Gasteiger partial charge in [0.2, 0.25) is 0 Å². The molecule has 0 spiro atoms. The Morgan fingerprint density at radius 1 is 1.13 bits per heavy atom. The van der Waals surface area contributed by atoms with Gasteiger partial charge in [0.15, 0.2) is 0 Å². The molecule has 0 bridgehead atoms. The van der Waals surface area contributed by atoms with Crippen molar-refractivity contribution in [2.45, 2.75) is 6.54 Å². The molecule has 30 heavy (non-hydrogen) atoms. The highest BCUT2D eigenvalue weighted by Gasteiger charge is 2.19. The van der Waals surface area contributed by atoms with E-state index < -0.39 is 4.92 Å². The van der Waals surface area contributed by atoms with Crippen LogP contribution in [0.5, 0.6) is 0 Å². The van der Waals surface area contributed by atoms with E-state index in [9.17, 15) is 14.9 Å². The first-order chi connectivity index (χ1) is 14.5. The maximum absolute atomic E-state index is 12.9. The van der Waals surface area contributed by atoms with Crippen LogP contribution in [-0.4, -0.2) is 20.6 Å². The molecule has 0 saturated heterocycles. The standard InChI is InChI=1S/C21H15ClN4O4/c22-17-5-1-2-6-19(17)25-20(21(27)23-13-16-4-3-11-30-16)12-18(24-25)14-7-9-15(10-8-14)26(28)29/h1-12H,13H2,(H,23,27). The van der Waals surface area contributed by atoms with E-state index >= 15 is 0 Å². The summed E-state index contributed by atoms with van der Waals surface area (Å²) in [5, 5.41) is 18.6. The Bertz CT molecular complexity index is 1200. The van der Waals surface area contributed by atoms with E-state index in [0.717, 1.165) is 0 Å². The summed E-state index contributed by atoms with van der Waals surface area (Å²) in [4.78, 5) is 23.3. The Balaban J connectivity index is 1.72. The molecule has 0 unspecified atom stereocenters. The van der Waals surface area contributed by atoms with E-state index in [0.29, 0.717) is 27.7 Å². The van der Waals surface area contributed by atoms with Crippen LogP contribution in [0.4, 0.5) is 5.69 Å². The van der Waals surface area contributed by atoms with Crippen LogP contribution in [0, 0.1) is 10.1 Å². The van der Waals surface area contributed by atoms with Gasteiger partial charge in [0, 0.05) is 17.7 Å². The minimum absolute atomic E-state index is 0.0271. The zero-order valence-electron chi connectivity index (χ0n) is 15.5. The van der Waals surface area contributed by atoms with Crippen LogP contribution in [0.1, 0.15) is 16.2 Å². The third kappa shape index (κ3) is 3.94. The molecule has 1 N–H and O–H groups in total. The fraction of sp³-hybridized carbons (Fsp3) is 0.0476. The first-order valence-electron chi connectivity index (χ1n) is 8.93. The van der Waals surface area contributed by atoms with Gasteiger partial charge < -0.3 is 9.73 Å². The lowest BCUT2D eigenvalue weighted by Crippen LogP contribution is -2.25. The fourth-order valence-corrected chi connectivity index (χ4v) is 3.13. The lowest BCUT2D eigenvalue weighted by atomic mass is 10.1. The highest BCUT2D eigenvalue weighted by molar-refractivity contribution is 6.32. The Labute approximate surface area is 175 Å². The SMILES string of the molecule is O=C(NCc1ccco1)c1cc(-c2ccc([N+](=O)[O-])cc2)nn1-c1ccccc1Cl. The Morgan fingerprint density at radius 3 is 2.57 bits per heavy atom. The van der Waals surface area contributed by atoms with Crippen molar-refractivity contribution in [3.8, 4) is 16.9 Å². The third-order valence-corrected chi connectivity index (χ3v) is 4.72. The van der Waals surface area contributed by atoms with E-state index in [1.807, 2.05) is 0 Å². The van der Waals surface area contributed by atoms with Crippen molar-refractivity contribution in [1.82, 2.24) is 15.1 Å². The molecule has 8 nitrogen and oxygen atoms in total. The van der Waals surface area contributed by atoms with Gasteiger partial charge in [-0.3, -0.25) is 14.9 Å². The number of aromatic nitrogens is 2. The monoisotopic (exact) mass is 422 g/mol. The fourth-order valence-electron chi connectivity index (χ4n) is 2.92. The van der Waals surface area contributed by atoms with Gasteiger partial charge in [0.25, 0.3) is 11.6 Å². The molecule has 1 amide bonds. The van der Waals surface area contributed by atoms with Crippen LogP contribution in [0.2, 0.25) is 5.02 Å². The van der Waals surface area contributed by atoms with Crippen LogP contribution in [0.15, 0.2) is 77.4 Å². The quantitative estimate of drug-likeness (QED) is 0.360. The predicted octanol–water partition coefficient (Wildman–Crippen LogP) is 4.62. The van der Waals surface area contributed by atoms with Crippen LogP contribution < -0.4 is 5.32 Å². The van der Waals surface area contributed by atoms with Crippen LogP contribution in [-0.2, 0) is 6.54 Å². The molecule has 0 radical (unpaired) electrons. The second-order valence-corrected chi connectivity index (χ2v) is 6.75. The van der Waals surface area contributed by atoms with Crippen molar-refractivity contribution in [3.05, 3.63) is 99.6 Å². The molecule has 4 aromatic rings. The molecule has 150 valence electrons. The number of hydrogen-bond acceptors (Lipinski definition) is 5. The number of nitro benzene ring substituents is 1. The second kappa shape index (κ2) is 8.22. The lowest BCUT2D eigenvalue weighted by Gasteiger charge is -2.09. The van der Waals surface area contributed by atoms with Gasteiger partial charge in [-0.1, -0.05) is 23.7 Å². The highest BCUT2D eigenvalue weighted by atomic mass is 35.5. The number of rotatable bonds is 6. The lowest BCUT2D eigenvalue weighted by molar-refractivity contribution is -0.384. The summed E-state index contributed by atoms with van der Waals surface area (Å²) < 4.78 is 6.70. The van der Waals surface area contributed by atoms with Crippen molar-refractivity contribution in [2.75, 3.05) is 0 Å². The first kappa shape index (κ1) is 19.4. The van der Waals surface area contributed by atoms with Gasteiger partial charge in [0.1, 0.15) is 11.5 Å². The van der Waals surface area contributed by atoms with Crippen molar-refractivity contribution < 1.29 is 14.1 Å². The summed E-state index contributed by atoms with van der Waals surface area (Å²) in [6, 6.07) is 18.1. The van der Waals surface area contributed by atoms with E-state index in [2.05, 4.69) is 10.4 Å². The van der Waals surface area contributed by atoms with Crippen molar-refractivity contribution in [3.63, 3.8) is 0 Å². The number of nitro groups is 1. The molecular formula is C21H15ClN4O4. The van der Waals surface area contributed by atoms with Crippen LogP contribution >= 0.6 is 11.6 Å². The average molecular weight is 423 g/mol. The largest absolute Gasteiger partial charge is 0.467 e. The maximum atomic E-state index is 12.9. The van der Waals surface area contributed by atoms with Gasteiger partial charge in [-0.15, -0.1) is 0 Å². The number of carbonyl (C=O) groups is 1. The molecule has 0 aliphatic carbocycles. The van der Waals surface area contributed by atoms with Crippen molar-refractivity contribution in [2.24, 2.45) is 0 Å². The minimum Gasteiger partial charge on any atom is -0.467 e. The zero-order valence-corrected chi connectivity index (χ0v) is 16.2. The van der Waals surface area contributed by atoms with Gasteiger partial charge in [-0.25, -0.2) is 4.68 Å². The molecule has 0 saturated carbocycles. The van der Waals surface area contributed by atoms with Gasteiger partial charge in [-0.2, -0.15) is 5.10 Å². The van der Waals surface area contributed by atoms with E-state index in [-0.39, 0.29) is 23.8 Å². The summed E-state index contributed by atoms with van der Waals surface area (Å²) in [5.74, 6) is 0.245. The van der Waals surface area contributed by atoms with Gasteiger partial charge in [0.05, 0.1) is 34.1 Å². The summed E-state index contributed by atoms with van der Waals surface area (Å²) in [7, 11) is 0. The van der Waals surface area contributed by atoms with Crippen molar-refractivity contribution in [1.29, 1.82) is 0 Å². The molecule has 2 aromatic heterocycles. The predicted molar refractivity (Wildman–Crippen MR) is 111 cm³/mol. The second-order valence-electron chi connectivity index (χ2n) is 6.34. The molecular weight excluding hydrogens is 408 g/mol. The maximum Gasteiger partial charge on any atom is 0.270 e. The highest BCUT2D eigenvalue weighted by Crippen LogP contribution is 2.27. The van der Waals surface area contributed by atoms with Gasteiger partial charge >= 0.3 is 0 Å². The number of benzene rings is 2. The van der Waals surface area contributed by atoms with Crippen LogP contribution in [0.25, 0.3) is 16.9 Å². The molecule has 2 heterocycles. The molecule has 0 fully saturated rings. The zero-order chi connectivity index (χ0) is 21.1. The summed E-state index contributed by atoms with van der Waals surface area (Å²) in [6.07, 6.45) is 1.53. The van der Waals surface area contributed by atoms with E-state index in [1.165, 1.54) is 23.1 Å². The number of halogens is 1. The number of nitrogens with one attached hydrogen (secondary N) is 1. The number of nitrogens with zero attached hydrogens (tertiary/aromatic N) is 3. The molecule has 9 heteroatoms. The topological polar surface area (TPSA) is 103 Å². The number of para-hydroxylation sites is 1.